The normalized spacial score (nSPS) is 16.6. The monoisotopic (exact) mass is 408 g/mol. The highest BCUT2D eigenvalue weighted by Crippen LogP contribution is 2.20. The molecule has 0 atom stereocenters. The van der Waals surface area contributed by atoms with Crippen LogP contribution in [0.3, 0.4) is 0 Å². The first-order chi connectivity index (χ1) is 12.9. The highest BCUT2D eigenvalue weighted by atomic mass is 32.2. The molecule has 2 aromatic rings. The van der Waals surface area contributed by atoms with Gasteiger partial charge < -0.3 is 10.2 Å². The predicted molar refractivity (Wildman–Crippen MR) is 108 cm³/mol. The molecule has 1 aliphatic heterocycles. The Hall–Kier alpha value is -1.74. The topological polar surface area (TPSA) is 70.9 Å². The smallest absolute Gasteiger partial charge is 0.279 e. The number of hydrogen-bond donors (Lipinski definition) is 2. The Kier molecular flexibility index (Phi) is 6.31. The highest BCUT2D eigenvalue weighted by molar-refractivity contribution is 7.91. The summed E-state index contributed by atoms with van der Waals surface area (Å²) in [4.78, 5) is 13.4. The molecule has 1 aromatic carbocycles. The van der Waals surface area contributed by atoms with Crippen molar-refractivity contribution in [1.29, 1.82) is 0 Å². The highest BCUT2D eigenvalue weighted by Gasteiger charge is 2.31. The zero-order chi connectivity index (χ0) is 19.4. The average molecular weight is 409 g/mol. The first-order valence-corrected chi connectivity index (χ1v) is 11.5. The lowest BCUT2D eigenvalue weighted by Gasteiger charge is -2.30. The second-order valence-electron chi connectivity index (χ2n) is 7.09. The zero-order valence-electron chi connectivity index (χ0n) is 15.6. The van der Waals surface area contributed by atoms with Crippen LogP contribution < -0.4 is 10.2 Å². The van der Waals surface area contributed by atoms with E-state index < -0.39 is 10.0 Å². The Morgan fingerprint density at radius 3 is 2.41 bits per heavy atom. The SMILES string of the molecule is CC(C)c1ccc(NC(=O)C[NH+]2CCN(S(=O)(=O)c3cccs3)CC2)cc1. The molecule has 27 heavy (non-hydrogen) atoms. The average Bonchev–Trinajstić information content (AvgIpc) is 3.18. The van der Waals surface area contributed by atoms with Crippen molar-refractivity contribution in [2.45, 2.75) is 24.0 Å². The van der Waals surface area contributed by atoms with Crippen molar-refractivity contribution in [3.05, 3.63) is 47.3 Å². The Bertz CT molecular complexity index is 854. The number of amides is 1. The molecular weight excluding hydrogens is 382 g/mol. The van der Waals surface area contributed by atoms with Crippen molar-refractivity contribution < 1.29 is 18.1 Å². The second kappa shape index (κ2) is 8.52. The summed E-state index contributed by atoms with van der Waals surface area (Å²) in [5, 5.41) is 4.70. The third kappa shape index (κ3) is 4.95. The molecule has 2 heterocycles. The van der Waals surface area contributed by atoms with Crippen molar-refractivity contribution in [3.8, 4) is 0 Å². The van der Waals surface area contributed by atoms with Gasteiger partial charge >= 0.3 is 0 Å². The number of hydrogen-bond acceptors (Lipinski definition) is 4. The van der Waals surface area contributed by atoms with Gasteiger partial charge in [0.1, 0.15) is 4.21 Å². The van der Waals surface area contributed by atoms with Crippen LogP contribution in [0.15, 0.2) is 46.0 Å². The summed E-state index contributed by atoms with van der Waals surface area (Å²) in [6, 6.07) is 11.3. The van der Waals surface area contributed by atoms with Crippen LogP contribution in [-0.2, 0) is 14.8 Å². The van der Waals surface area contributed by atoms with E-state index >= 15 is 0 Å². The van der Waals surface area contributed by atoms with Gasteiger partial charge in [-0.15, -0.1) is 11.3 Å². The van der Waals surface area contributed by atoms with Crippen LogP contribution in [-0.4, -0.2) is 51.4 Å². The maximum absolute atomic E-state index is 12.5. The van der Waals surface area contributed by atoms with E-state index in [1.54, 1.807) is 17.5 Å². The number of rotatable bonds is 6. The Balaban J connectivity index is 1.49. The molecule has 3 rings (SSSR count). The summed E-state index contributed by atoms with van der Waals surface area (Å²) in [5.74, 6) is 0.415. The molecule has 0 saturated carbocycles. The third-order valence-corrected chi connectivity index (χ3v) is 8.06. The lowest BCUT2D eigenvalue weighted by molar-refractivity contribution is -0.895. The van der Waals surface area contributed by atoms with E-state index in [1.807, 2.05) is 24.3 Å². The molecule has 1 aromatic heterocycles. The number of piperazine rings is 1. The van der Waals surface area contributed by atoms with Crippen molar-refractivity contribution in [2.24, 2.45) is 0 Å². The van der Waals surface area contributed by atoms with E-state index in [0.717, 1.165) is 10.6 Å². The number of thiophene rings is 1. The molecule has 1 aliphatic rings. The molecule has 1 amide bonds. The summed E-state index contributed by atoms with van der Waals surface area (Å²) in [6.07, 6.45) is 0. The van der Waals surface area contributed by atoms with E-state index in [1.165, 1.54) is 21.2 Å². The molecule has 146 valence electrons. The number of quaternary nitrogens is 1. The van der Waals surface area contributed by atoms with Crippen molar-refractivity contribution >= 4 is 33.0 Å². The molecule has 6 nitrogen and oxygen atoms in total. The molecule has 0 spiro atoms. The standard InChI is InChI=1S/C19H25N3O3S2/c1-15(2)16-5-7-17(8-6-16)20-18(23)14-21-9-11-22(12-10-21)27(24,25)19-4-3-13-26-19/h3-8,13,15H,9-12,14H2,1-2H3,(H,20,23)/p+1. The van der Waals surface area contributed by atoms with Gasteiger partial charge in [0.15, 0.2) is 6.54 Å². The van der Waals surface area contributed by atoms with Crippen LogP contribution >= 0.6 is 11.3 Å². The number of carbonyl (C=O) groups is 1. The van der Waals surface area contributed by atoms with E-state index in [2.05, 4.69) is 19.2 Å². The number of benzene rings is 1. The maximum Gasteiger partial charge on any atom is 0.279 e. The first-order valence-electron chi connectivity index (χ1n) is 9.13. The van der Waals surface area contributed by atoms with Gasteiger partial charge in [0.2, 0.25) is 0 Å². The fourth-order valence-corrected chi connectivity index (χ4v) is 5.73. The third-order valence-electron chi connectivity index (χ3n) is 4.79. The minimum Gasteiger partial charge on any atom is -0.325 e. The fourth-order valence-electron chi connectivity index (χ4n) is 3.14. The predicted octanol–water partition coefficient (Wildman–Crippen LogP) is 1.40. The summed E-state index contributed by atoms with van der Waals surface area (Å²) in [6.45, 7) is 6.75. The van der Waals surface area contributed by atoms with E-state index in [-0.39, 0.29) is 5.91 Å². The van der Waals surface area contributed by atoms with Gasteiger partial charge in [-0.2, -0.15) is 4.31 Å². The lowest BCUT2D eigenvalue weighted by Crippen LogP contribution is -3.15. The number of nitrogens with zero attached hydrogens (tertiary/aromatic N) is 1. The largest absolute Gasteiger partial charge is 0.325 e. The summed E-state index contributed by atoms with van der Waals surface area (Å²) < 4.78 is 27.0. The molecule has 1 fully saturated rings. The Labute approximate surface area is 164 Å². The van der Waals surface area contributed by atoms with Crippen molar-refractivity contribution in [3.63, 3.8) is 0 Å². The molecule has 0 bridgehead atoms. The maximum atomic E-state index is 12.5. The quantitative estimate of drug-likeness (QED) is 0.759. The minimum atomic E-state index is -3.39. The van der Waals surface area contributed by atoms with Crippen LogP contribution in [0.1, 0.15) is 25.3 Å². The number of anilines is 1. The lowest BCUT2D eigenvalue weighted by atomic mass is 10.0. The summed E-state index contributed by atoms with van der Waals surface area (Å²) in [7, 11) is -3.39. The molecule has 0 unspecified atom stereocenters. The van der Waals surface area contributed by atoms with Gasteiger partial charge in [-0.1, -0.05) is 32.0 Å². The van der Waals surface area contributed by atoms with Gasteiger partial charge in [0, 0.05) is 5.69 Å². The molecule has 0 aliphatic carbocycles. The molecule has 8 heteroatoms. The molecule has 1 saturated heterocycles. The van der Waals surface area contributed by atoms with E-state index in [0.29, 0.717) is 42.9 Å². The molecule has 0 radical (unpaired) electrons. The van der Waals surface area contributed by atoms with E-state index in [4.69, 9.17) is 0 Å². The zero-order valence-corrected chi connectivity index (χ0v) is 17.3. The summed E-state index contributed by atoms with van der Waals surface area (Å²) in [5.41, 5.74) is 2.03. The fraction of sp³-hybridized carbons (Fsp3) is 0.421. The second-order valence-corrected chi connectivity index (χ2v) is 10.2. The van der Waals surface area contributed by atoms with Gasteiger partial charge in [-0.05, 0) is 35.1 Å². The first kappa shape index (κ1) is 20.0. The van der Waals surface area contributed by atoms with Gasteiger partial charge in [0.05, 0.1) is 26.2 Å². The number of sulfonamides is 1. The summed E-state index contributed by atoms with van der Waals surface area (Å²) >= 11 is 1.24. The van der Waals surface area contributed by atoms with Gasteiger partial charge in [-0.3, -0.25) is 4.79 Å². The van der Waals surface area contributed by atoms with Gasteiger partial charge in [0.25, 0.3) is 15.9 Å². The molecule has 2 N–H and O–H groups in total. The van der Waals surface area contributed by atoms with Crippen LogP contribution in [0.5, 0.6) is 0 Å². The Morgan fingerprint density at radius 1 is 1.19 bits per heavy atom. The van der Waals surface area contributed by atoms with Crippen molar-refractivity contribution in [1.82, 2.24) is 4.31 Å². The van der Waals surface area contributed by atoms with Crippen LogP contribution in [0.25, 0.3) is 0 Å². The Morgan fingerprint density at radius 2 is 1.85 bits per heavy atom. The van der Waals surface area contributed by atoms with Gasteiger partial charge in [-0.25, -0.2) is 8.42 Å². The van der Waals surface area contributed by atoms with Crippen LogP contribution in [0.4, 0.5) is 5.69 Å². The van der Waals surface area contributed by atoms with Crippen LogP contribution in [0, 0.1) is 0 Å². The molecular formula is C19H26N3O3S2+. The number of nitrogens with one attached hydrogen (secondary N) is 2. The number of carbonyl (C=O) groups excluding carboxylic acids is 1. The van der Waals surface area contributed by atoms with Crippen molar-refractivity contribution in [2.75, 3.05) is 38.0 Å². The van der Waals surface area contributed by atoms with Crippen LogP contribution in [0.2, 0.25) is 0 Å². The van der Waals surface area contributed by atoms with E-state index in [9.17, 15) is 13.2 Å². The minimum absolute atomic E-state index is 0.0446.